The van der Waals surface area contributed by atoms with Crippen molar-refractivity contribution in [1.29, 1.82) is 0 Å². The molecule has 104 valence electrons. The Bertz CT molecular complexity index is 316. The summed E-state index contributed by atoms with van der Waals surface area (Å²) in [4.78, 5) is 0. The number of hydrogen-bond donors (Lipinski definition) is 3. The molecule has 0 aliphatic rings. The van der Waals surface area contributed by atoms with Crippen molar-refractivity contribution in [3.63, 3.8) is 0 Å². The molecule has 0 aromatic rings. The summed E-state index contributed by atoms with van der Waals surface area (Å²) in [5.74, 6) is 0.164. The van der Waals surface area contributed by atoms with Gasteiger partial charge in [0, 0.05) is 6.54 Å². The van der Waals surface area contributed by atoms with Crippen LogP contribution in [-0.4, -0.2) is 38.9 Å². The molecular formula is C8H17F3N2O3S. The highest BCUT2D eigenvalue weighted by Crippen LogP contribution is 2.12. The smallest absolute Gasteiger partial charge is 0.392 e. The Hall–Kier alpha value is -0.380. The second kappa shape index (κ2) is 6.53. The van der Waals surface area contributed by atoms with Crippen LogP contribution in [0, 0.1) is 5.92 Å². The highest BCUT2D eigenvalue weighted by Gasteiger charge is 2.29. The van der Waals surface area contributed by atoms with E-state index in [4.69, 9.17) is 0 Å². The summed E-state index contributed by atoms with van der Waals surface area (Å²) >= 11 is 0. The molecule has 1 unspecified atom stereocenters. The number of halogens is 3. The SMILES string of the molecule is CC(C)CC(O)CNS(=O)(=O)NCC(F)(F)F. The van der Waals surface area contributed by atoms with E-state index in [1.807, 2.05) is 18.6 Å². The van der Waals surface area contributed by atoms with Crippen LogP contribution in [0.4, 0.5) is 13.2 Å². The van der Waals surface area contributed by atoms with Crippen molar-refractivity contribution in [2.75, 3.05) is 13.1 Å². The largest absolute Gasteiger partial charge is 0.402 e. The van der Waals surface area contributed by atoms with E-state index in [-0.39, 0.29) is 12.5 Å². The van der Waals surface area contributed by atoms with Gasteiger partial charge in [-0.1, -0.05) is 13.8 Å². The van der Waals surface area contributed by atoms with Crippen LogP contribution >= 0.6 is 0 Å². The monoisotopic (exact) mass is 278 g/mol. The summed E-state index contributed by atoms with van der Waals surface area (Å²) in [6, 6.07) is 0. The first-order chi connectivity index (χ1) is 7.52. The minimum atomic E-state index is -4.61. The number of rotatable bonds is 7. The Morgan fingerprint density at radius 1 is 1.24 bits per heavy atom. The van der Waals surface area contributed by atoms with Gasteiger partial charge in [0.25, 0.3) is 10.2 Å². The molecule has 0 bridgehead atoms. The minimum Gasteiger partial charge on any atom is -0.392 e. The van der Waals surface area contributed by atoms with Crippen molar-refractivity contribution in [3.8, 4) is 0 Å². The van der Waals surface area contributed by atoms with Crippen LogP contribution in [0.25, 0.3) is 0 Å². The molecule has 0 saturated carbocycles. The summed E-state index contributed by atoms with van der Waals surface area (Å²) in [5.41, 5.74) is 0. The van der Waals surface area contributed by atoms with Gasteiger partial charge in [-0.15, -0.1) is 0 Å². The summed E-state index contributed by atoms with van der Waals surface area (Å²) in [6.07, 6.45) is -5.16. The zero-order valence-electron chi connectivity index (χ0n) is 9.58. The predicted octanol–water partition coefficient (Wildman–Crippen LogP) is 0.380. The molecule has 0 radical (unpaired) electrons. The van der Waals surface area contributed by atoms with Crippen LogP contribution in [-0.2, 0) is 10.2 Å². The molecule has 0 aliphatic carbocycles. The number of hydrogen-bond acceptors (Lipinski definition) is 3. The van der Waals surface area contributed by atoms with Crippen molar-refractivity contribution in [3.05, 3.63) is 0 Å². The van der Waals surface area contributed by atoms with E-state index in [0.717, 1.165) is 0 Å². The van der Waals surface area contributed by atoms with Gasteiger partial charge >= 0.3 is 6.18 Å². The van der Waals surface area contributed by atoms with Crippen LogP contribution in [0.1, 0.15) is 20.3 Å². The number of nitrogens with one attached hydrogen (secondary N) is 2. The van der Waals surface area contributed by atoms with Crippen molar-refractivity contribution in [2.24, 2.45) is 5.92 Å². The van der Waals surface area contributed by atoms with Crippen LogP contribution in [0.2, 0.25) is 0 Å². The quantitative estimate of drug-likeness (QED) is 0.630. The molecule has 3 N–H and O–H groups in total. The van der Waals surface area contributed by atoms with Gasteiger partial charge in [0.15, 0.2) is 0 Å². The van der Waals surface area contributed by atoms with Crippen molar-refractivity contribution in [2.45, 2.75) is 32.5 Å². The third-order valence-electron chi connectivity index (χ3n) is 1.72. The molecule has 1 atom stereocenters. The first kappa shape index (κ1) is 16.6. The van der Waals surface area contributed by atoms with Gasteiger partial charge in [-0.2, -0.15) is 31.0 Å². The Balaban J connectivity index is 4.02. The van der Waals surface area contributed by atoms with Crippen LogP contribution in [0.15, 0.2) is 0 Å². The standard InChI is InChI=1S/C8H17F3N2O3S/c1-6(2)3-7(14)4-12-17(15,16)13-5-8(9,10)11/h6-7,12-14H,3-5H2,1-2H3. The highest BCUT2D eigenvalue weighted by molar-refractivity contribution is 7.87. The maximum atomic E-state index is 11.8. The van der Waals surface area contributed by atoms with Gasteiger partial charge in [-0.25, -0.2) is 0 Å². The Morgan fingerprint density at radius 2 is 1.76 bits per heavy atom. The first-order valence-corrected chi connectivity index (χ1v) is 6.49. The number of aliphatic hydroxyl groups excluding tert-OH is 1. The van der Waals surface area contributed by atoms with Crippen molar-refractivity contribution in [1.82, 2.24) is 9.44 Å². The zero-order valence-corrected chi connectivity index (χ0v) is 10.4. The minimum absolute atomic E-state index is 0.164. The van der Waals surface area contributed by atoms with E-state index in [1.54, 1.807) is 0 Å². The molecule has 9 heteroatoms. The summed E-state index contributed by atoms with van der Waals surface area (Å²) in [6.45, 7) is 1.72. The molecule has 0 heterocycles. The zero-order chi connectivity index (χ0) is 13.7. The third-order valence-corrected chi connectivity index (χ3v) is 2.79. The molecule has 0 aliphatic heterocycles. The predicted molar refractivity (Wildman–Crippen MR) is 56.4 cm³/mol. The van der Waals surface area contributed by atoms with Crippen LogP contribution in [0.3, 0.4) is 0 Å². The van der Waals surface area contributed by atoms with Crippen LogP contribution in [0.5, 0.6) is 0 Å². The lowest BCUT2D eigenvalue weighted by Crippen LogP contribution is -2.44. The molecule has 0 saturated heterocycles. The van der Waals surface area contributed by atoms with E-state index in [2.05, 4.69) is 0 Å². The molecule has 0 aromatic carbocycles. The Labute approximate surface area is 98.6 Å². The highest BCUT2D eigenvalue weighted by atomic mass is 32.2. The van der Waals surface area contributed by atoms with Gasteiger partial charge in [-0.05, 0) is 12.3 Å². The fourth-order valence-corrected chi connectivity index (χ4v) is 1.93. The molecule has 0 fully saturated rings. The summed E-state index contributed by atoms with van der Waals surface area (Å²) < 4.78 is 60.5. The normalized spacial score (nSPS) is 15.2. The van der Waals surface area contributed by atoms with Gasteiger partial charge in [0.05, 0.1) is 6.10 Å². The fourth-order valence-electron chi connectivity index (χ4n) is 1.06. The van der Waals surface area contributed by atoms with E-state index >= 15 is 0 Å². The van der Waals surface area contributed by atoms with E-state index in [0.29, 0.717) is 6.42 Å². The van der Waals surface area contributed by atoms with Crippen LogP contribution < -0.4 is 9.44 Å². The lowest BCUT2D eigenvalue weighted by atomic mass is 10.1. The van der Waals surface area contributed by atoms with E-state index < -0.39 is 29.0 Å². The van der Waals surface area contributed by atoms with Crippen molar-refractivity contribution >= 4 is 10.2 Å². The second-order valence-corrected chi connectivity index (χ2v) is 5.66. The molecular weight excluding hydrogens is 261 g/mol. The average Bonchev–Trinajstić information content (AvgIpc) is 2.10. The number of aliphatic hydroxyl groups is 1. The molecule has 5 nitrogen and oxygen atoms in total. The van der Waals surface area contributed by atoms with Crippen molar-refractivity contribution < 1.29 is 26.7 Å². The topological polar surface area (TPSA) is 78.4 Å². The molecule has 0 rings (SSSR count). The first-order valence-electron chi connectivity index (χ1n) is 5.01. The second-order valence-electron chi connectivity index (χ2n) is 4.07. The molecule has 0 aromatic heterocycles. The lowest BCUT2D eigenvalue weighted by Gasteiger charge is -2.15. The summed E-state index contributed by atoms with van der Waals surface area (Å²) in [7, 11) is -4.23. The maximum absolute atomic E-state index is 11.8. The Morgan fingerprint density at radius 3 is 2.18 bits per heavy atom. The average molecular weight is 278 g/mol. The molecule has 0 amide bonds. The lowest BCUT2D eigenvalue weighted by molar-refractivity contribution is -0.121. The Kier molecular flexibility index (Phi) is 6.38. The van der Waals surface area contributed by atoms with E-state index in [1.165, 1.54) is 4.72 Å². The molecule has 0 spiro atoms. The third kappa shape index (κ3) is 10.5. The maximum Gasteiger partial charge on any atom is 0.402 e. The summed E-state index contributed by atoms with van der Waals surface area (Å²) in [5, 5.41) is 9.33. The van der Waals surface area contributed by atoms with Gasteiger partial charge in [0.2, 0.25) is 0 Å². The van der Waals surface area contributed by atoms with Gasteiger partial charge < -0.3 is 5.11 Å². The van der Waals surface area contributed by atoms with Gasteiger partial charge in [0.1, 0.15) is 6.54 Å². The molecule has 17 heavy (non-hydrogen) atoms. The van der Waals surface area contributed by atoms with Gasteiger partial charge in [-0.3, -0.25) is 0 Å². The number of alkyl halides is 3. The fraction of sp³-hybridized carbons (Fsp3) is 1.00. The van der Waals surface area contributed by atoms with E-state index in [9.17, 15) is 26.7 Å².